The first-order valence-electron chi connectivity index (χ1n) is 5.81. The van der Waals surface area contributed by atoms with E-state index in [1.165, 1.54) is 16.4 Å². The van der Waals surface area contributed by atoms with Crippen LogP contribution in [0.15, 0.2) is 0 Å². The van der Waals surface area contributed by atoms with E-state index in [0.717, 1.165) is 25.3 Å². The van der Waals surface area contributed by atoms with E-state index < -0.39 is 0 Å². The Kier molecular flexibility index (Phi) is 3.89. The Balaban J connectivity index is 2.21. The largest absolute Gasteiger partial charge is 0.381 e. The number of rotatable bonds is 4. The predicted molar refractivity (Wildman–Crippen MR) is 64.7 cm³/mol. The van der Waals surface area contributed by atoms with Crippen LogP contribution in [-0.2, 0) is 4.74 Å². The maximum absolute atomic E-state index is 5.46. The van der Waals surface area contributed by atoms with E-state index in [1.54, 1.807) is 0 Å². The van der Waals surface area contributed by atoms with Gasteiger partial charge in [-0.25, -0.2) is 0 Å². The zero-order valence-electron chi connectivity index (χ0n) is 10.1. The summed E-state index contributed by atoms with van der Waals surface area (Å²) in [5.74, 6) is 0.997. The van der Waals surface area contributed by atoms with E-state index in [4.69, 9.17) is 4.74 Å². The molecule has 1 aromatic heterocycles. The van der Waals surface area contributed by atoms with Crippen molar-refractivity contribution in [1.29, 1.82) is 0 Å². The van der Waals surface area contributed by atoms with Crippen molar-refractivity contribution in [3.05, 3.63) is 10.6 Å². The van der Waals surface area contributed by atoms with E-state index >= 15 is 0 Å². The van der Waals surface area contributed by atoms with Crippen LogP contribution >= 0.6 is 11.5 Å². The average Bonchev–Trinajstić information content (AvgIpc) is 2.88. The highest BCUT2D eigenvalue weighted by atomic mass is 32.1. The lowest BCUT2D eigenvalue weighted by atomic mass is 9.94. The van der Waals surface area contributed by atoms with Crippen molar-refractivity contribution < 1.29 is 4.74 Å². The molecule has 2 unspecified atom stereocenters. The number of nitrogens with zero attached hydrogens (tertiary/aromatic N) is 2. The van der Waals surface area contributed by atoms with Gasteiger partial charge in [0.05, 0.1) is 17.2 Å². The minimum absolute atomic E-state index is 0.347. The SMILES string of the molecule is CNC(c1snnc1C(C)C)C1CCOC1. The molecule has 0 aliphatic carbocycles. The van der Waals surface area contributed by atoms with Crippen LogP contribution in [0.2, 0.25) is 0 Å². The fourth-order valence-electron chi connectivity index (χ4n) is 2.22. The molecule has 0 amide bonds. The summed E-state index contributed by atoms with van der Waals surface area (Å²) >= 11 is 1.52. The second-order valence-corrected chi connectivity index (χ2v) is 5.35. The van der Waals surface area contributed by atoms with Crippen LogP contribution in [0.1, 0.15) is 42.8 Å². The Morgan fingerprint density at radius 1 is 1.50 bits per heavy atom. The summed E-state index contributed by atoms with van der Waals surface area (Å²) in [6.45, 7) is 6.06. The van der Waals surface area contributed by atoms with E-state index in [-0.39, 0.29) is 0 Å². The smallest absolute Gasteiger partial charge is 0.0829 e. The molecule has 2 atom stereocenters. The van der Waals surface area contributed by atoms with Gasteiger partial charge in [0.25, 0.3) is 0 Å². The van der Waals surface area contributed by atoms with Gasteiger partial charge >= 0.3 is 0 Å². The molecular weight excluding hydrogens is 222 g/mol. The molecule has 1 aliphatic rings. The molecule has 16 heavy (non-hydrogen) atoms. The molecule has 5 heteroatoms. The van der Waals surface area contributed by atoms with Crippen LogP contribution < -0.4 is 5.32 Å². The Labute approximate surface area is 101 Å². The number of ether oxygens (including phenoxy) is 1. The summed E-state index contributed by atoms with van der Waals surface area (Å²) < 4.78 is 9.56. The normalized spacial score (nSPS) is 22.9. The van der Waals surface area contributed by atoms with E-state index in [2.05, 4.69) is 28.8 Å². The maximum atomic E-state index is 5.46. The van der Waals surface area contributed by atoms with Crippen molar-refractivity contribution in [2.45, 2.75) is 32.2 Å². The van der Waals surface area contributed by atoms with Crippen LogP contribution in [0.4, 0.5) is 0 Å². The molecule has 0 aromatic carbocycles. The Hall–Kier alpha value is -0.520. The monoisotopic (exact) mass is 241 g/mol. The lowest BCUT2D eigenvalue weighted by molar-refractivity contribution is 0.178. The summed E-state index contributed by atoms with van der Waals surface area (Å²) in [7, 11) is 2.01. The zero-order valence-corrected chi connectivity index (χ0v) is 10.9. The highest BCUT2D eigenvalue weighted by molar-refractivity contribution is 7.05. The number of hydrogen-bond donors (Lipinski definition) is 1. The number of aromatic nitrogens is 2. The Morgan fingerprint density at radius 2 is 2.31 bits per heavy atom. The lowest BCUT2D eigenvalue weighted by Gasteiger charge is -2.21. The molecule has 0 bridgehead atoms. The minimum atomic E-state index is 0.347. The first kappa shape index (κ1) is 12.0. The Morgan fingerprint density at radius 3 is 2.88 bits per heavy atom. The molecular formula is C11H19N3OS. The fourth-order valence-corrected chi connectivity index (χ4v) is 3.23. The van der Waals surface area contributed by atoms with Crippen molar-refractivity contribution in [3.8, 4) is 0 Å². The average molecular weight is 241 g/mol. The molecule has 0 saturated carbocycles. The third kappa shape index (κ3) is 2.26. The van der Waals surface area contributed by atoms with Crippen molar-refractivity contribution in [2.24, 2.45) is 5.92 Å². The van der Waals surface area contributed by atoms with Gasteiger partial charge in [0.15, 0.2) is 0 Å². The summed E-state index contributed by atoms with van der Waals surface area (Å²) in [5, 5.41) is 7.64. The maximum Gasteiger partial charge on any atom is 0.0829 e. The number of hydrogen-bond acceptors (Lipinski definition) is 5. The summed E-state index contributed by atoms with van der Waals surface area (Å²) in [6, 6.07) is 0.347. The standard InChI is InChI=1S/C11H19N3OS/c1-7(2)9-11(16-14-13-9)10(12-3)8-4-5-15-6-8/h7-8,10,12H,4-6H2,1-3H3. The van der Waals surface area contributed by atoms with Gasteiger partial charge in [-0.1, -0.05) is 18.3 Å². The summed E-state index contributed by atoms with van der Waals surface area (Å²) in [6.07, 6.45) is 1.13. The fraction of sp³-hybridized carbons (Fsp3) is 0.818. The highest BCUT2D eigenvalue weighted by Gasteiger charge is 2.30. The predicted octanol–water partition coefficient (Wildman–Crippen LogP) is 1.96. The second kappa shape index (κ2) is 5.21. The third-order valence-corrected chi connectivity index (χ3v) is 3.94. The number of nitrogens with one attached hydrogen (secondary N) is 1. The van der Waals surface area contributed by atoms with Crippen molar-refractivity contribution in [1.82, 2.24) is 14.9 Å². The molecule has 90 valence electrons. The van der Waals surface area contributed by atoms with E-state index in [0.29, 0.717) is 17.9 Å². The van der Waals surface area contributed by atoms with Gasteiger partial charge in [0.1, 0.15) is 0 Å². The molecule has 1 aliphatic heterocycles. The van der Waals surface area contributed by atoms with Gasteiger partial charge in [-0.05, 0) is 30.9 Å². The van der Waals surface area contributed by atoms with Crippen LogP contribution in [0, 0.1) is 5.92 Å². The van der Waals surface area contributed by atoms with Gasteiger partial charge < -0.3 is 10.1 Å². The molecule has 1 saturated heterocycles. The molecule has 0 radical (unpaired) electrons. The minimum Gasteiger partial charge on any atom is -0.381 e. The summed E-state index contributed by atoms with van der Waals surface area (Å²) in [5.41, 5.74) is 1.14. The van der Waals surface area contributed by atoms with Gasteiger partial charge in [-0.2, -0.15) is 0 Å². The zero-order chi connectivity index (χ0) is 11.5. The first-order valence-corrected chi connectivity index (χ1v) is 6.58. The van der Waals surface area contributed by atoms with E-state index in [1.807, 2.05) is 7.05 Å². The lowest BCUT2D eigenvalue weighted by Crippen LogP contribution is -2.25. The molecule has 1 fully saturated rings. The summed E-state index contributed by atoms with van der Waals surface area (Å²) in [4.78, 5) is 1.29. The van der Waals surface area contributed by atoms with Gasteiger partial charge in [0.2, 0.25) is 0 Å². The van der Waals surface area contributed by atoms with Crippen molar-refractivity contribution >= 4 is 11.5 Å². The van der Waals surface area contributed by atoms with Crippen molar-refractivity contribution in [3.63, 3.8) is 0 Å². The van der Waals surface area contributed by atoms with E-state index in [9.17, 15) is 0 Å². The second-order valence-electron chi connectivity index (χ2n) is 4.57. The van der Waals surface area contributed by atoms with Gasteiger partial charge in [-0.3, -0.25) is 0 Å². The van der Waals surface area contributed by atoms with Crippen molar-refractivity contribution in [2.75, 3.05) is 20.3 Å². The molecule has 1 N–H and O–H groups in total. The highest BCUT2D eigenvalue weighted by Crippen LogP contribution is 2.34. The van der Waals surface area contributed by atoms with Crippen LogP contribution in [-0.4, -0.2) is 29.8 Å². The van der Waals surface area contributed by atoms with Crippen LogP contribution in [0.5, 0.6) is 0 Å². The molecule has 1 aromatic rings. The van der Waals surface area contributed by atoms with Gasteiger partial charge in [0, 0.05) is 18.6 Å². The molecule has 0 spiro atoms. The van der Waals surface area contributed by atoms with Gasteiger partial charge in [-0.15, -0.1) is 5.10 Å². The molecule has 4 nitrogen and oxygen atoms in total. The molecule has 2 heterocycles. The first-order chi connectivity index (χ1) is 7.74. The Bertz CT molecular complexity index is 334. The molecule has 2 rings (SSSR count). The van der Waals surface area contributed by atoms with Crippen LogP contribution in [0.25, 0.3) is 0 Å². The third-order valence-electron chi connectivity index (χ3n) is 3.12. The topological polar surface area (TPSA) is 47.0 Å². The van der Waals surface area contributed by atoms with Crippen LogP contribution in [0.3, 0.4) is 0 Å². The quantitative estimate of drug-likeness (QED) is 0.875.